The molecule has 29 heavy (non-hydrogen) atoms. The van der Waals surface area contributed by atoms with Gasteiger partial charge in [-0.05, 0) is 51.0 Å². The van der Waals surface area contributed by atoms with Crippen LogP contribution in [0.2, 0.25) is 0 Å². The highest BCUT2D eigenvalue weighted by molar-refractivity contribution is 5.95. The van der Waals surface area contributed by atoms with Crippen LogP contribution in [0.25, 0.3) is 0 Å². The third-order valence-corrected chi connectivity index (χ3v) is 4.03. The van der Waals surface area contributed by atoms with Crippen LogP contribution in [-0.2, 0) is 14.3 Å². The lowest BCUT2D eigenvalue weighted by atomic mass is 10.1. The Hall–Kier alpha value is -3.49. The van der Waals surface area contributed by atoms with Gasteiger partial charge < -0.3 is 14.8 Å². The maximum absolute atomic E-state index is 13.4. The number of hydrogen-bond donors (Lipinski definition) is 1. The van der Waals surface area contributed by atoms with Crippen LogP contribution in [-0.4, -0.2) is 29.5 Å². The summed E-state index contributed by atoms with van der Waals surface area (Å²) in [7, 11) is 0. The number of nitrogens with one attached hydrogen (secondary N) is 1. The number of nitro groups is 1. The second kappa shape index (κ2) is 9.13. The SMILES string of the molecule is Cc1cc(C)c(OCC(=O)O[C@H](C)C(=O)Nc2ccc(F)c([N+](=O)[O-])c2)c(C)c1. The molecule has 0 aliphatic rings. The van der Waals surface area contributed by atoms with E-state index in [4.69, 9.17) is 9.47 Å². The number of rotatable bonds is 7. The van der Waals surface area contributed by atoms with Crippen LogP contribution in [0.3, 0.4) is 0 Å². The van der Waals surface area contributed by atoms with Crippen LogP contribution in [0.1, 0.15) is 23.6 Å². The zero-order chi connectivity index (χ0) is 21.7. The number of nitro benzene ring substituents is 1. The number of carbonyl (C=O) groups excluding carboxylic acids is 2. The lowest BCUT2D eigenvalue weighted by Crippen LogP contribution is -2.31. The van der Waals surface area contributed by atoms with Crippen molar-refractivity contribution in [3.63, 3.8) is 0 Å². The molecule has 0 bridgehead atoms. The Balaban J connectivity index is 1.93. The molecule has 2 aromatic rings. The minimum Gasteiger partial charge on any atom is -0.481 e. The zero-order valence-corrected chi connectivity index (χ0v) is 16.4. The van der Waals surface area contributed by atoms with E-state index in [-0.39, 0.29) is 12.3 Å². The molecule has 0 aliphatic heterocycles. The highest BCUT2D eigenvalue weighted by Gasteiger charge is 2.21. The quantitative estimate of drug-likeness (QED) is 0.429. The van der Waals surface area contributed by atoms with Gasteiger partial charge in [-0.3, -0.25) is 14.9 Å². The van der Waals surface area contributed by atoms with E-state index < -0.39 is 34.4 Å². The summed E-state index contributed by atoms with van der Waals surface area (Å²) in [5.41, 5.74) is 2.05. The molecule has 0 saturated heterocycles. The first-order chi connectivity index (χ1) is 13.6. The Morgan fingerprint density at radius 2 is 1.79 bits per heavy atom. The van der Waals surface area contributed by atoms with Crippen molar-refractivity contribution < 1.29 is 28.4 Å². The molecule has 2 rings (SSSR count). The molecule has 0 heterocycles. The van der Waals surface area contributed by atoms with E-state index >= 15 is 0 Å². The highest BCUT2D eigenvalue weighted by Crippen LogP contribution is 2.24. The van der Waals surface area contributed by atoms with Crippen molar-refractivity contribution in [1.29, 1.82) is 0 Å². The van der Waals surface area contributed by atoms with Crippen molar-refractivity contribution in [3.8, 4) is 5.75 Å². The first-order valence-corrected chi connectivity index (χ1v) is 8.73. The maximum atomic E-state index is 13.4. The predicted molar refractivity (Wildman–Crippen MR) is 103 cm³/mol. The number of esters is 1. The van der Waals surface area contributed by atoms with Crippen molar-refractivity contribution >= 4 is 23.3 Å². The number of carbonyl (C=O) groups is 2. The number of amides is 1. The van der Waals surface area contributed by atoms with Crippen molar-refractivity contribution in [1.82, 2.24) is 0 Å². The highest BCUT2D eigenvalue weighted by atomic mass is 19.1. The van der Waals surface area contributed by atoms with Gasteiger partial charge in [0, 0.05) is 11.8 Å². The van der Waals surface area contributed by atoms with Crippen LogP contribution >= 0.6 is 0 Å². The molecule has 8 nitrogen and oxygen atoms in total. The Morgan fingerprint density at radius 1 is 1.17 bits per heavy atom. The number of hydrogen-bond acceptors (Lipinski definition) is 6. The summed E-state index contributed by atoms with van der Waals surface area (Å²) in [5.74, 6) is -1.92. The van der Waals surface area contributed by atoms with E-state index in [1.54, 1.807) is 0 Å². The standard InChI is InChI=1S/C20H21FN2O6/c1-11-7-12(2)19(13(3)8-11)28-10-18(24)29-14(4)20(25)22-15-5-6-16(21)17(9-15)23(26)27/h5-9,14H,10H2,1-4H3,(H,22,25)/t14-/m1/s1. The summed E-state index contributed by atoms with van der Waals surface area (Å²) in [5, 5.41) is 13.1. The largest absolute Gasteiger partial charge is 0.481 e. The van der Waals surface area contributed by atoms with Gasteiger partial charge in [0.25, 0.3) is 5.91 Å². The molecule has 1 N–H and O–H groups in total. The molecule has 0 saturated carbocycles. The smallest absolute Gasteiger partial charge is 0.344 e. The summed E-state index contributed by atoms with van der Waals surface area (Å²) in [6.45, 7) is 6.63. The number of benzene rings is 2. The normalized spacial score (nSPS) is 11.5. The van der Waals surface area contributed by atoms with Gasteiger partial charge in [-0.25, -0.2) is 4.79 Å². The summed E-state index contributed by atoms with van der Waals surface area (Å²) >= 11 is 0. The lowest BCUT2D eigenvalue weighted by Gasteiger charge is -2.15. The molecule has 0 radical (unpaired) electrons. The van der Waals surface area contributed by atoms with Gasteiger partial charge in [0.15, 0.2) is 12.7 Å². The molecule has 0 spiro atoms. The number of halogens is 1. The van der Waals surface area contributed by atoms with Crippen LogP contribution in [0.5, 0.6) is 5.75 Å². The van der Waals surface area contributed by atoms with Crippen molar-refractivity contribution in [3.05, 3.63) is 63.0 Å². The minimum atomic E-state index is -1.18. The summed E-state index contributed by atoms with van der Waals surface area (Å²) < 4.78 is 23.9. The van der Waals surface area contributed by atoms with E-state index in [0.717, 1.165) is 28.8 Å². The molecule has 0 aromatic heterocycles. The van der Waals surface area contributed by atoms with Crippen LogP contribution in [0, 0.1) is 36.7 Å². The average molecular weight is 404 g/mol. The number of nitrogens with zero attached hydrogens (tertiary/aromatic N) is 1. The fourth-order valence-electron chi connectivity index (χ4n) is 2.78. The minimum absolute atomic E-state index is 0.00755. The zero-order valence-electron chi connectivity index (χ0n) is 16.4. The fraction of sp³-hybridized carbons (Fsp3) is 0.300. The molecule has 1 amide bonds. The molecule has 2 aromatic carbocycles. The van der Waals surface area contributed by atoms with Gasteiger partial charge in [-0.1, -0.05) is 17.7 Å². The van der Waals surface area contributed by atoms with Crippen LogP contribution in [0.4, 0.5) is 15.8 Å². The molecular formula is C20H21FN2O6. The van der Waals surface area contributed by atoms with Crippen molar-refractivity contribution in [2.45, 2.75) is 33.8 Å². The predicted octanol–water partition coefficient (Wildman–Crippen LogP) is 3.61. The van der Waals surface area contributed by atoms with Gasteiger partial charge in [-0.15, -0.1) is 0 Å². The average Bonchev–Trinajstić information content (AvgIpc) is 2.62. The Bertz CT molecular complexity index is 937. The molecular weight excluding hydrogens is 383 g/mol. The molecule has 0 unspecified atom stereocenters. The van der Waals surface area contributed by atoms with Crippen molar-refractivity contribution in [2.24, 2.45) is 0 Å². The van der Waals surface area contributed by atoms with E-state index in [2.05, 4.69) is 5.32 Å². The fourth-order valence-corrected chi connectivity index (χ4v) is 2.78. The van der Waals surface area contributed by atoms with E-state index in [1.165, 1.54) is 13.0 Å². The van der Waals surface area contributed by atoms with Gasteiger partial charge in [-0.2, -0.15) is 4.39 Å². The van der Waals surface area contributed by atoms with Crippen LogP contribution < -0.4 is 10.1 Å². The number of ether oxygens (including phenoxy) is 2. The third-order valence-electron chi connectivity index (χ3n) is 4.03. The molecule has 154 valence electrons. The number of anilines is 1. The first kappa shape index (κ1) is 21.8. The van der Waals surface area contributed by atoms with Gasteiger partial charge in [0.1, 0.15) is 5.75 Å². The van der Waals surface area contributed by atoms with E-state index in [0.29, 0.717) is 5.75 Å². The lowest BCUT2D eigenvalue weighted by molar-refractivity contribution is -0.387. The van der Waals surface area contributed by atoms with Crippen molar-refractivity contribution in [2.75, 3.05) is 11.9 Å². The van der Waals surface area contributed by atoms with Gasteiger partial charge in [0.2, 0.25) is 5.82 Å². The third kappa shape index (κ3) is 5.74. The molecule has 0 aliphatic carbocycles. The van der Waals surface area contributed by atoms with Gasteiger partial charge in [0.05, 0.1) is 4.92 Å². The first-order valence-electron chi connectivity index (χ1n) is 8.73. The van der Waals surface area contributed by atoms with E-state index in [9.17, 15) is 24.1 Å². The Kier molecular flexibility index (Phi) is 6.87. The monoisotopic (exact) mass is 404 g/mol. The maximum Gasteiger partial charge on any atom is 0.344 e. The molecule has 1 atom stereocenters. The summed E-state index contributed by atoms with van der Waals surface area (Å²) in [6, 6.07) is 6.76. The second-order valence-electron chi connectivity index (χ2n) is 6.56. The number of aryl methyl sites for hydroxylation is 3. The summed E-state index contributed by atoms with van der Waals surface area (Å²) in [6.07, 6.45) is -1.18. The van der Waals surface area contributed by atoms with Gasteiger partial charge >= 0.3 is 11.7 Å². The second-order valence-corrected chi connectivity index (χ2v) is 6.56. The Morgan fingerprint density at radius 3 is 2.38 bits per heavy atom. The topological polar surface area (TPSA) is 108 Å². The molecule has 0 fully saturated rings. The van der Waals surface area contributed by atoms with E-state index in [1.807, 2.05) is 32.9 Å². The summed E-state index contributed by atoms with van der Waals surface area (Å²) in [4.78, 5) is 34.0. The van der Waals surface area contributed by atoms with Crippen LogP contribution in [0.15, 0.2) is 30.3 Å². The Labute approximate surface area is 166 Å². The molecule has 9 heteroatoms.